The minimum Gasteiger partial charge on any atom is -0.394 e. The Bertz CT molecular complexity index is 1070. The fraction of sp³-hybridized carbons (Fsp3) is 0.741. The number of aromatic amines is 1. The molecule has 14 heteroatoms. The highest BCUT2D eigenvalue weighted by atomic mass is 16.5. The summed E-state index contributed by atoms with van der Waals surface area (Å²) in [6.07, 6.45) is 6.36. The molecule has 2 aromatic heterocycles. The molecule has 14 nitrogen and oxygen atoms in total. The molecule has 230 valence electrons. The van der Waals surface area contributed by atoms with E-state index in [-0.39, 0.29) is 24.7 Å². The van der Waals surface area contributed by atoms with E-state index in [1.165, 1.54) is 51.2 Å². The third-order valence-electron chi connectivity index (χ3n) is 7.26. The van der Waals surface area contributed by atoms with Crippen molar-refractivity contribution in [1.29, 1.82) is 0 Å². The Balaban J connectivity index is 1.42. The van der Waals surface area contributed by atoms with E-state index in [0.717, 1.165) is 19.3 Å². The van der Waals surface area contributed by atoms with E-state index in [9.17, 15) is 30.0 Å². The number of ether oxygens (including phenoxy) is 1. The number of imidazole rings is 1. The molecule has 0 aromatic carbocycles. The van der Waals surface area contributed by atoms with Gasteiger partial charge < -0.3 is 46.1 Å². The lowest BCUT2D eigenvalue weighted by Crippen LogP contribution is -2.67. The number of carbonyl (C=O) groups is 2. The molecule has 3 heterocycles. The fourth-order valence-corrected chi connectivity index (χ4v) is 4.91. The van der Waals surface area contributed by atoms with E-state index >= 15 is 0 Å². The number of nitrogens with one attached hydrogen (secondary N) is 4. The molecule has 0 spiro atoms. The van der Waals surface area contributed by atoms with Crippen molar-refractivity contribution >= 4 is 28.8 Å². The van der Waals surface area contributed by atoms with Crippen LogP contribution in [0, 0.1) is 0 Å². The molecule has 8 N–H and O–H groups in total. The quantitative estimate of drug-likeness (QED) is 0.114. The number of H-pyrrole nitrogens is 1. The van der Waals surface area contributed by atoms with Crippen molar-refractivity contribution < 1.29 is 34.8 Å². The second-order valence-corrected chi connectivity index (χ2v) is 10.5. The molecule has 1 aliphatic rings. The Morgan fingerprint density at radius 2 is 1.68 bits per heavy atom. The number of anilines is 1. The summed E-state index contributed by atoms with van der Waals surface area (Å²) in [5, 5.41) is 49.7. The summed E-state index contributed by atoms with van der Waals surface area (Å²) in [6.45, 7) is 1.59. The zero-order chi connectivity index (χ0) is 29.6. The molecule has 3 rings (SSSR count). The first-order chi connectivity index (χ1) is 19.8. The molecular weight excluding hydrogens is 534 g/mol. The van der Waals surface area contributed by atoms with Crippen LogP contribution in [-0.2, 0) is 14.3 Å². The summed E-state index contributed by atoms with van der Waals surface area (Å²) in [6, 6.07) is -1.23. The van der Waals surface area contributed by atoms with Crippen LogP contribution in [0.3, 0.4) is 0 Å². The third-order valence-corrected chi connectivity index (χ3v) is 7.26. The fourth-order valence-electron chi connectivity index (χ4n) is 4.91. The lowest BCUT2D eigenvalue weighted by molar-refractivity contribution is -0.204. The van der Waals surface area contributed by atoms with E-state index in [0.29, 0.717) is 17.6 Å². The van der Waals surface area contributed by atoms with Gasteiger partial charge in [-0.1, -0.05) is 58.3 Å². The van der Waals surface area contributed by atoms with Crippen molar-refractivity contribution in [2.24, 2.45) is 0 Å². The van der Waals surface area contributed by atoms with Gasteiger partial charge >= 0.3 is 0 Å². The van der Waals surface area contributed by atoms with E-state index in [1.807, 2.05) is 0 Å². The topological polar surface area (TPSA) is 215 Å². The van der Waals surface area contributed by atoms with Crippen LogP contribution in [0.4, 0.5) is 5.82 Å². The molecular formula is C27H45N7O7. The van der Waals surface area contributed by atoms with Gasteiger partial charge in [-0.05, 0) is 6.42 Å². The van der Waals surface area contributed by atoms with Crippen molar-refractivity contribution in [3.8, 4) is 0 Å². The number of nitrogens with zero attached hydrogens (tertiary/aromatic N) is 3. The van der Waals surface area contributed by atoms with Crippen LogP contribution in [0.2, 0.25) is 0 Å². The summed E-state index contributed by atoms with van der Waals surface area (Å²) in [5.41, 5.74) is 0.804. The number of aliphatic hydroxyl groups excluding tert-OH is 4. The molecule has 0 radical (unpaired) electrons. The third kappa shape index (κ3) is 9.85. The molecule has 0 saturated carbocycles. The normalized spacial score (nSPS) is 23.3. The van der Waals surface area contributed by atoms with Gasteiger partial charge in [-0.2, -0.15) is 0 Å². The predicted octanol–water partition coefficient (Wildman–Crippen LogP) is 0.477. The minimum atomic E-state index is -1.56. The Labute approximate surface area is 239 Å². The molecule has 2 amide bonds. The van der Waals surface area contributed by atoms with Gasteiger partial charge in [0, 0.05) is 19.4 Å². The molecule has 6 atom stereocenters. The van der Waals surface area contributed by atoms with Crippen LogP contribution in [0.25, 0.3) is 11.2 Å². The summed E-state index contributed by atoms with van der Waals surface area (Å²) in [4.78, 5) is 39.8. The number of carbonyl (C=O) groups excluding carboxylic acids is 2. The Kier molecular flexibility index (Phi) is 13.6. The first-order valence-corrected chi connectivity index (χ1v) is 14.6. The van der Waals surface area contributed by atoms with E-state index in [2.05, 4.69) is 42.8 Å². The SMILES string of the molecule is CCCCCCCCCCCC(=O)NCCC(=O)N[C@@H]1[C@@H](O)[C@@H](O)[C@@H](Nc2ncnc3nc[nH]c23)O[C@H]1[C@@H](O)CO. The van der Waals surface area contributed by atoms with Gasteiger partial charge in [0.25, 0.3) is 0 Å². The number of rotatable bonds is 18. The van der Waals surface area contributed by atoms with Crippen LogP contribution < -0.4 is 16.0 Å². The standard InChI is InChI=1S/C27H45N7O7/c1-2-3-4-5-6-7-8-9-10-11-18(37)28-13-12-19(38)33-20-22(39)23(40)27(41-24(20)17(36)14-35)34-26-21-25(30-15-29-21)31-16-32-26/h15-17,20,22-24,27,35-36,39-40H,2-14H2,1H3,(H,28,37)(H,33,38)(H2,29,30,31,32,34)/t17-,20+,22+,23+,24-,27-/m0/s1. The van der Waals surface area contributed by atoms with Crippen LogP contribution in [-0.4, -0.2) is 102 Å². The highest BCUT2D eigenvalue weighted by molar-refractivity contribution is 5.82. The Morgan fingerprint density at radius 3 is 2.39 bits per heavy atom. The van der Waals surface area contributed by atoms with Gasteiger partial charge in [-0.25, -0.2) is 15.0 Å². The Morgan fingerprint density at radius 1 is 0.976 bits per heavy atom. The second-order valence-electron chi connectivity index (χ2n) is 10.5. The average Bonchev–Trinajstić information content (AvgIpc) is 3.45. The van der Waals surface area contributed by atoms with Gasteiger partial charge in [-0.3, -0.25) is 9.59 Å². The van der Waals surface area contributed by atoms with Gasteiger partial charge in [0.2, 0.25) is 11.8 Å². The molecule has 1 saturated heterocycles. The number of aliphatic hydroxyl groups is 4. The highest BCUT2D eigenvalue weighted by Gasteiger charge is 2.48. The van der Waals surface area contributed by atoms with Crippen LogP contribution >= 0.6 is 0 Å². The lowest BCUT2D eigenvalue weighted by atomic mass is 9.92. The maximum Gasteiger partial charge on any atom is 0.222 e. The number of hydrogen-bond donors (Lipinski definition) is 8. The maximum absolute atomic E-state index is 12.6. The smallest absolute Gasteiger partial charge is 0.222 e. The van der Waals surface area contributed by atoms with Crippen molar-refractivity contribution in [2.75, 3.05) is 18.5 Å². The summed E-state index contributed by atoms with van der Waals surface area (Å²) in [5.74, 6) is -0.415. The molecule has 0 aliphatic carbocycles. The molecule has 0 unspecified atom stereocenters. The summed E-state index contributed by atoms with van der Waals surface area (Å²) in [7, 11) is 0. The predicted molar refractivity (Wildman–Crippen MR) is 150 cm³/mol. The molecule has 0 bridgehead atoms. The highest BCUT2D eigenvalue weighted by Crippen LogP contribution is 2.26. The van der Waals surface area contributed by atoms with Crippen LogP contribution in [0.5, 0.6) is 0 Å². The summed E-state index contributed by atoms with van der Waals surface area (Å²) >= 11 is 0. The number of aromatic nitrogens is 4. The van der Waals surface area contributed by atoms with Gasteiger partial charge in [0.15, 0.2) is 17.7 Å². The second kappa shape index (κ2) is 17.1. The van der Waals surface area contributed by atoms with Crippen molar-refractivity contribution in [3.63, 3.8) is 0 Å². The monoisotopic (exact) mass is 579 g/mol. The maximum atomic E-state index is 12.6. The van der Waals surface area contributed by atoms with Crippen molar-refractivity contribution in [2.45, 2.75) is 114 Å². The van der Waals surface area contributed by atoms with Crippen molar-refractivity contribution in [3.05, 3.63) is 12.7 Å². The van der Waals surface area contributed by atoms with Gasteiger partial charge in [-0.15, -0.1) is 0 Å². The number of hydrogen-bond acceptors (Lipinski definition) is 11. The van der Waals surface area contributed by atoms with Gasteiger partial charge in [0.1, 0.15) is 36.3 Å². The first-order valence-electron chi connectivity index (χ1n) is 14.6. The zero-order valence-electron chi connectivity index (χ0n) is 23.7. The molecule has 2 aromatic rings. The molecule has 1 fully saturated rings. The first kappa shape index (κ1) is 32.6. The van der Waals surface area contributed by atoms with Gasteiger partial charge in [0.05, 0.1) is 19.0 Å². The number of fused-ring (bicyclic) bond motifs is 1. The summed E-state index contributed by atoms with van der Waals surface area (Å²) < 4.78 is 5.79. The zero-order valence-corrected chi connectivity index (χ0v) is 23.7. The Hall–Kier alpha value is -2.91. The average molecular weight is 580 g/mol. The number of amides is 2. The molecule has 41 heavy (non-hydrogen) atoms. The largest absolute Gasteiger partial charge is 0.394 e. The lowest BCUT2D eigenvalue weighted by Gasteiger charge is -2.44. The van der Waals surface area contributed by atoms with Crippen molar-refractivity contribution in [1.82, 2.24) is 30.6 Å². The van der Waals surface area contributed by atoms with E-state index in [1.54, 1.807) is 0 Å². The van der Waals surface area contributed by atoms with Crippen LogP contribution in [0.1, 0.15) is 77.6 Å². The molecule has 1 aliphatic heterocycles. The van der Waals surface area contributed by atoms with E-state index in [4.69, 9.17) is 4.74 Å². The van der Waals surface area contributed by atoms with E-state index < -0.39 is 49.2 Å². The van der Waals surface area contributed by atoms with Crippen LogP contribution in [0.15, 0.2) is 12.7 Å². The number of unbranched alkanes of at least 4 members (excludes halogenated alkanes) is 8. The minimum absolute atomic E-state index is 0.0782.